The standard InChI is InChI=1S/C12H23N3OS/c1-5-12(13,6-2)11-14-10(15-16-11)8-17-7-9(3)4/h9H,5-8,13H2,1-4H3. The molecule has 1 heterocycles. The number of thioether (sulfide) groups is 1. The number of hydrogen-bond acceptors (Lipinski definition) is 5. The van der Waals surface area contributed by atoms with Gasteiger partial charge in [-0.1, -0.05) is 32.9 Å². The van der Waals surface area contributed by atoms with Crippen LogP contribution in [0, 0.1) is 5.92 Å². The Hall–Kier alpha value is -0.550. The number of aromatic nitrogens is 2. The molecule has 98 valence electrons. The van der Waals surface area contributed by atoms with E-state index in [0.29, 0.717) is 11.8 Å². The van der Waals surface area contributed by atoms with Gasteiger partial charge in [0.05, 0.1) is 11.3 Å². The van der Waals surface area contributed by atoms with Crippen LogP contribution in [0.15, 0.2) is 4.52 Å². The first-order valence-electron chi connectivity index (χ1n) is 6.21. The minimum atomic E-state index is -0.464. The molecule has 0 saturated heterocycles. The molecule has 0 bridgehead atoms. The average Bonchev–Trinajstić information content (AvgIpc) is 2.77. The zero-order chi connectivity index (χ0) is 12.9. The number of hydrogen-bond donors (Lipinski definition) is 1. The predicted octanol–water partition coefficient (Wildman–Crippen LogP) is 2.93. The van der Waals surface area contributed by atoms with Crippen LogP contribution in [0.2, 0.25) is 0 Å². The molecule has 2 N–H and O–H groups in total. The molecule has 0 aliphatic heterocycles. The van der Waals surface area contributed by atoms with E-state index in [0.717, 1.165) is 30.2 Å². The van der Waals surface area contributed by atoms with Gasteiger partial charge in [-0.3, -0.25) is 0 Å². The number of rotatable bonds is 7. The summed E-state index contributed by atoms with van der Waals surface area (Å²) in [6, 6.07) is 0. The SMILES string of the molecule is CCC(N)(CC)c1nc(CSCC(C)C)no1. The normalized spacial score (nSPS) is 12.4. The summed E-state index contributed by atoms with van der Waals surface area (Å²) in [5.41, 5.74) is 5.74. The highest BCUT2D eigenvalue weighted by Crippen LogP contribution is 2.24. The van der Waals surface area contributed by atoms with E-state index in [1.54, 1.807) is 0 Å². The molecule has 17 heavy (non-hydrogen) atoms. The fraction of sp³-hybridized carbons (Fsp3) is 0.833. The maximum absolute atomic E-state index is 6.21. The molecular formula is C12H23N3OS. The Morgan fingerprint density at radius 3 is 2.53 bits per heavy atom. The van der Waals surface area contributed by atoms with E-state index >= 15 is 0 Å². The highest BCUT2D eigenvalue weighted by Gasteiger charge is 2.29. The fourth-order valence-corrected chi connectivity index (χ4v) is 2.34. The molecule has 0 aliphatic carbocycles. The Bertz CT molecular complexity index is 334. The Morgan fingerprint density at radius 1 is 1.35 bits per heavy atom. The van der Waals surface area contributed by atoms with Crippen molar-refractivity contribution in [2.24, 2.45) is 11.7 Å². The van der Waals surface area contributed by atoms with Crippen molar-refractivity contribution < 1.29 is 4.52 Å². The van der Waals surface area contributed by atoms with Crippen LogP contribution in [0.5, 0.6) is 0 Å². The van der Waals surface area contributed by atoms with Gasteiger partial charge in [0.2, 0.25) is 5.89 Å². The summed E-state index contributed by atoms with van der Waals surface area (Å²) in [5.74, 6) is 3.92. The number of nitrogens with zero attached hydrogens (tertiary/aromatic N) is 2. The van der Waals surface area contributed by atoms with Crippen molar-refractivity contribution in [3.8, 4) is 0 Å². The van der Waals surface area contributed by atoms with Crippen molar-refractivity contribution in [3.05, 3.63) is 11.7 Å². The zero-order valence-electron chi connectivity index (χ0n) is 11.2. The van der Waals surface area contributed by atoms with Gasteiger partial charge < -0.3 is 10.3 Å². The molecule has 1 aromatic heterocycles. The molecule has 0 fully saturated rings. The molecule has 0 unspecified atom stereocenters. The van der Waals surface area contributed by atoms with Gasteiger partial charge in [0.15, 0.2) is 5.82 Å². The quantitative estimate of drug-likeness (QED) is 0.813. The molecule has 0 aliphatic rings. The molecule has 0 spiro atoms. The lowest BCUT2D eigenvalue weighted by Crippen LogP contribution is -2.35. The summed E-state index contributed by atoms with van der Waals surface area (Å²) in [5, 5.41) is 3.99. The summed E-state index contributed by atoms with van der Waals surface area (Å²) in [6.07, 6.45) is 1.62. The van der Waals surface area contributed by atoms with Crippen LogP contribution in [-0.4, -0.2) is 15.9 Å². The molecule has 0 amide bonds. The Kier molecular flexibility index (Phi) is 5.46. The zero-order valence-corrected chi connectivity index (χ0v) is 12.0. The summed E-state index contributed by atoms with van der Waals surface area (Å²) >= 11 is 1.83. The second-order valence-electron chi connectivity index (χ2n) is 4.79. The van der Waals surface area contributed by atoms with Gasteiger partial charge in [-0.25, -0.2) is 0 Å². The Morgan fingerprint density at radius 2 is 2.00 bits per heavy atom. The van der Waals surface area contributed by atoms with Crippen LogP contribution in [0.3, 0.4) is 0 Å². The average molecular weight is 257 g/mol. The molecule has 0 atom stereocenters. The molecule has 0 aromatic carbocycles. The van der Waals surface area contributed by atoms with E-state index in [2.05, 4.69) is 24.0 Å². The molecule has 1 aromatic rings. The van der Waals surface area contributed by atoms with Gasteiger partial charge in [-0.2, -0.15) is 16.7 Å². The smallest absolute Gasteiger partial charge is 0.246 e. The van der Waals surface area contributed by atoms with Crippen LogP contribution in [0.1, 0.15) is 52.3 Å². The lowest BCUT2D eigenvalue weighted by atomic mass is 9.94. The monoisotopic (exact) mass is 257 g/mol. The van der Waals surface area contributed by atoms with Gasteiger partial charge >= 0.3 is 0 Å². The lowest BCUT2D eigenvalue weighted by Gasteiger charge is -2.20. The lowest BCUT2D eigenvalue weighted by molar-refractivity contribution is 0.267. The third-order valence-electron chi connectivity index (χ3n) is 2.84. The van der Waals surface area contributed by atoms with E-state index in [4.69, 9.17) is 10.3 Å². The molecular weight excluding hydrogens is 234 g/mol. The molecule has 0 radical (unpaired) electrons. The summed E-state index contributed by atoms with van der Waals surface area (Å²) in [7, 11) is 0. The first kappa shape index (κ1) is 14.5. The third-order valence-corrected chi connectivity index (χ3v) is 4.20. The van der Waals surface area contributed by atoms with Gasteiger partial charge in [0, 0.05) is 0 Å². The maximum atomic E-state index is 6.21. The van der Waals surface area contributed by atoms with Crippen molar-refractivity contribution in [3.63, 3.8) is 0 Å². The fourth-order valence-electron chi connectivity index (χ4n) is 1.45. The summed E-state index contributed by atoms with van der Waals surface area (Å²) < 4.78 is 5.27. The van der Waals surface area contributed by atoms with Crippen LogP contribution in [-0.2, 0) is 11.3 Å². The predicted molar refractivity (Wildman–Crippen MR) is 71.7 cm³/mol. The van der Waals surface area contributed by atoms with Crippen molar-refractivity contribution in [2.45, 2.75) is 51.8 Å². The summed E-state index contributed by atoms with van der Waals surface area (Å²) in [4.78, 5) is 4.40. The van der Waals surface area contributed by atoms with Gasteiger partial charge in [-0.15, -0.1) is 0 Å². The van der Waals surface area contributed by atoms with Gasteiger partial charge in [0.1, 0.15) is 0 Å². The largest absolute Gasteiger partial charge is 0.337 e. The minimum absolute atomic E-state index is 0.464. The van der Waals surface area contributed by atoms with E-state index in [1.165, 1.54) is 0 Å². The summed E-state index contributed by atoms with van der Waals surface area (Å²) in [6.45, 7) is 8.49. The van der Waals surface area contributed by atoms with E-state index in [-0.39, 0.29) is 0 Å². The van der Waals surface area contributed by atoms with Gasteiger partial charge in [0.25, 0.3) is 0 Å². The van der Waals surface area contributed by atoms with E-state index in [1.807, 2.05) is 25.6 Å². The Labute approximate surface area is 108 Å². The molecule has 5 heteroatoms. The number of nitrogens with two attached hydrogens (primary N) is 1. The first-order valence-corrected chi connectivity index (χ1v) is 7.37. The van der Waals surface area contributed by atoms with Gasteiger partial charge in [-0.05, 0) is 24.5 Å². The van der Waals surface area contributed by atoms with Crippen molar-refractivity contribution in [1.29, 1.82) is 0 Å². The second-order valence-corrected chi connectivity index (χ2v) is 5.82. The van der Waals surface area contributed by atoms with E-state index in [9.17, 15) is 0 Å². The minimum Gasteiger partial charge on any atom is -0.337 e. The van der Waals surface area contributed by atoms with Crippen molar-refractivity contribution in [1.82, 2.24) is 10.1 Å². The van der Waals surface area contributed by atoms with Crippen LogP contribution < -0.4 is 5.73 Å². The maximum Gasteiger partial charge on any atom is 0.246 e. The van der Waals surface area contributed by atoms with Crippen LogP contribution in [0.4, 0.5) is 0 Å². The highest BCUT2D eigenvalue weighted by atomic mass is 32.2. The Balaban J connectivity index is 2.59. The molecule has 4 nitrogen and oxygen atoms in total. The third kappa shape index (κ3) is 4.00. The first-order chi connectivity index (χ1) is 8.01. The molecule has 1 rings (SSSR count). The van der Waals surface area contributed by atoms with Crippen molar-refractivity contribution in [2.75, 3.05) is 5.75 Å². The topological polar surface area (TPSA) is 64.9 Å². The highest BCUT2D eigenvalue weighted by molar-refractivity contribution is 7.98. The molecule has 0 saturated carbocycles. The van der Waals surface area contributed by atoms with Crippen LogP contribution >= 0.6 is 11.8 Å². The van der Waals surface area contributed by atoms with Crippen molar-refractivity contribution >= 4 is 11.8 Å². The van der Waals surface area contributed by atoms with Crippen LogP contribution in [0.25, 0.3) is 0 Å². The van der Waals surface area contributed by atoms with E-state index < -0.39 is 5.54 Å². The second kappa shape index (κ2) is 6.40.